The largest absolute Gasteiger partial charge is 0.452 e. The van der Waals surface area contributed by atoms with E-state index in [4.69, 9.17) is 4.74 Å². The Bertz CT molecular complexity index is 934. The van der Waals surface area contributed by atoms with Gasteiger partial charge in [0.1, 0.15) is 5.82 Å². The van der Waals surface area contributed by atoms with Crippen LogP contribution in [0.1, 0.15) is 49.6 Å². The van der Waals surface area contributed by atoms with Gasteiger partial charge in [0.2, 0.25) is 0 Å². The maximum atomic E-state index is 13.2. The molecule has 0 spiro atoms. The number of likely N-dealkylation sites (tertiary alicyclic amines) is 1. The van der Waals surface area contributed by atoms with Gasteiger partial charge in [-0.05, 0) is 69.9 Å². The second kappa shape index (κ2) is 9.69. The Morgan fingerprint density at radius 3 is 2.67 bits per heavy atom. The highest BCUT2D eigenvalue weighted by Gasteiger charge is 2.25. The molecule has 30 heavy (non-hydrogen) atoms. The van der Waals surface area contributed by atoms with Gasteiger partial charge in [0.25, 0.3) is 5.91 Å². The van der Waals surface area contributed by atoms with Crippen LogP contribution in [0.5, 0.6) is 0 Å². The summed E-state index contributed by atoms with van der Waals surface area (Å²) in [5, 5.41) is 4.47. The predicted molar refractivity (Wildman–Crippen MR) is 113 cm³/mol. The molecule has 1 aromatic carbocycles. The average Bonchev–Trinajstić information content (AvgIpc) is 3.04. The Labute approximate surface area is 176 Å². The van der Waals surface area contributed by atoms with Crippen molar-refractivity contribution in [3.05, 3.63) is 53.1 Å². The van der Waals surface area contributed by atoms with Gasteiger partial charge in [-0.25, -0.2) is 13.9 Å². The van der Waals surface area contributed by atoms with E-state index in [1.165, 1.54) is 18.2 Å². The number of esters is 1. The molecule has 1 aliphatic rings. The monoisotopic (exact) mass is 413 g/mol. The first-order valence-electron chi connectivity index (χ1n) is 10.4. The summed E-state index contributed by atoms with van der Waals surface area (Å²) in [4.78, 5) is 26.4. The molecule has 1 aromatic heterocycles. The second-order valence-corrected chi connectivity index (χ2v) is 7.56. The van der Waals surface area contributed by atoms with E-state index < -0.39 is 5.97 Å². The lowest BCUT2D eigenvalue weighted by atomic mass is 10.00. The van der Waals surface area contributed by atoms with E-state index >= 15 is 0 Å². The Balaban J connectivity index is 1.62. The fourth-order valence-corrected chi connectivity index (χ4v) is 3.90. The lowest BCUT2D eigenvalue weighted by Crippen LogP contribution is -2.45. The molecule has 0 radical (unpaired) electrons. The molecule has 6 nitrogen and oxygen atoms in total. The van der Waals surface area contributed by atoms with Gasteiger partial charge in [-0.1, -0.05) is 6.92 Å². The van der Waals surface area contributed by atoms with Crippen molar-refractivity contribution in [3.63, 3.8) is 0 Å². The summed E-state index contributed by atoms with van der Waals surface area (Å²) in [6.07, 6.45) is 7.00. The number of aromatic nitrogens is 2. The summed E-state index contributed by atoms with van der Waals surface area (Å²) in [6.45, 7) is 6.27. The Morgan fingerprint density at radius 1 is 1.23 bits per heavy atom. The van der Waals surface area contributed by atoms with Gasteiger partial charge in [0.15, 0.2) is 6.61 Å². The number of piperidine rings is 1. The highest BCUT2D eigenvalue weighted by Crippen LogP contribution is 2.21. The number of hydrogen-bond donors (Lipinski definition) is 0. The molecule has 1 atom stereocenters. The Morgan fingerprint density at radius 2 is 1.97 bits per heavy atom. The molecule has 7 heteroatoms. The predicted octanol–water partition coefficient (Wildman–Crippen LogP) is 3.98. The molecule has 1 unspecified atom stereocenters. The zero-order valence-electron chi connectivity index (χ0n) is 17.7. The van der Waals surface area contributed by atoms with Gasteiger partial charge in [-0.3, -0.25) is 4.79 Å². The minimum Gasteiger partial charge on any atom is -0.452 e. The first-order chi connectivity index (χ1) is 14.4. The first-order valence-corrected chi connectivity index (χ1v) is 10.4. The molecule has 1 amide bonds. The quantitative estimate of drug-likeness (QED) is 0.531. The smallest absolute Gasteiger partial charge is 0.331 e. The maximum absolute atomic E-state index is 13.2. The number of rotatable bonds is 6. The Hall–Kier alpha value is -2.96. The maximum Gasteiger partial charge on any atom is 0.331 e. The van der Waals surface area contributed by atoms with Crippen LogP contribution < -0.4 is 0 Å². The third kappa shape index (κ3) is 4.96. The van der Waals surface area contributed by atoms with Gasteiger partial charge in [0, 0.05) is 29.9 Å². The highest BCUT2D eigenvalue weighted by molar-refractivity contribution is 5.89. The molecular weight excluding hydrogens is 385 g/mol. The fourth-order valence-electron chi connectivity index (χ4n) is 3.90. The van der Waals surface area contributed by atoms with Crippen molar-refractivity contribution in [1.82, 2.24) is 14.7 Å². The molecule has 0 aliphatic carbocycles. The normalized spacial score (nSPS) is 16.8. The minimum atomic E-state index is -0.568. The summed E-state index contributed by atoms with van der Waals surface area (Å²) >= 11 is 0. The van der Waals surface area contributed by atoms with E-state index in [1.807, 2.05) is 18.7 Å². The van der Waals surface area contributed by atoms with E-state index in [9.17, 15) is 14.0 Å². The molecule has 1 saturated heterocycles. The molecule has 0 bridgehead atoms. The molecule has 0 N–H and O–H groups in total. The van der Waals surface area contributed by atoms with Crippen molar-refractivity contribution in [1.29, 1.82) is 0 Å². The van der Waals surface area contributed by atoms with Crippen LogP contribution in [0.2, 0.25) is 0 Å². The average molecular weight is 413 g/mol. The van der Waals surface area contributed by atoms with Gasteiger partial charge in [-0.2, -0.15) is 5.10 Å². The van der Waals surface area contributed by atoms with Crippen LogP contribution in [0.4, 0.5) is 4.39 Å². The molecule has 3 rings (SSSR count). The van der Waals surface area contributed by atoms with Crippen LogP contribution in [0.15, 0.2) is 30.3 Å². The van der Waals surface area contributed by atoms with Crippen LogP contribution in [-0.2, 0) is 14.3 Å². The fraction of sp³-hybridized carbons (Fsp3) is 0.435. The summed E-state index contributed by atoms with van der Waals surface area (Å²) in [5.74, 6) is -1.02. The molecule has 0 saturated carbocycles. The third-order valence-corrected chi connectivity index (χ3v) is 5.56. The van der Waals surface area contributed by atoms with E-state index in [0.717, 1.165) is 54.9 Å². The topological polar surface area (TPSA) is 64.4 Å². The zero-order valence-corrected chi connectivity index (χ0v) is 17.7. The van der Waals surface area contributed by atoms with Crippen LogP contribution in [-0.4, -0.2) is 45.8 Å². The number of carbonyl (C=O) groups excluding carboxylic acids is 2. The van der Waals surface area contributed by atoms with Crippen molar-refractivity contribution in [2.24, 2.45) is 0 Å². The number of amides is 1. The minimum absolute atomic E-state index is 0.139. The van der Waals surface area contributed by atoms with Gasteiger partial charge in [-0.15, -0.1) is 0 Å². The lowest BCUT2D eigenvalue weighted by molar-refractivity contribution is -0.150. The van der Waals surface area contributed by atoms with Crippen molar-refractivity contribution < 1.29 is 18.7 Å². The van der Waals surface area contributed by atoms with Crippen molar-refractivity contribution in [3.8, 4) is 5.69 Å². The molecule has 1 aliphatic heterocycles. The van der Waals surface area contributed by atoms with E-state index in [2.05, 4.69) is 12.0 Å². The van der Waals surface area contributed by atoms with Gasteiger partial charge < -0.3 is 9.64 Å². The number of ether oxygens (including phenoxy) is 1. The van der Waals surface area contributed by atoms with E-state index in [-0.39, 0.29) is 24.4 Å². The molecule has 1 fully saturated rings. The van der Waals surface area contributed by atoms with E-state index in [1.54, 1.807) is 22.9 Å². The van der Waals surface area contributed by atoms with E-state index in [0.29, 0.717) is 0 Å². The number of halogens is 1. The summed E-state index contributed by atoms with van der Waals surface area (Å²) in [6, 6.07) is 6.28. The molecular formula is C23H28FN3O3. The summed E-state index contributed by atoms with van der Waals surface area (Å²) in [7, 11) is 0. The summed E-state index contributed by atoms with van der Waals surface area (Å²) in [5.41, 5.74) is 3.07. The van der Waals surface area contributed by atoms with Gasteiger partial charge in [0.05, 0.1) is 11.4 Å². The van der Waals surface area contributed by atoms with Crippen molar-refractivity contribution in [2.75, 3.05) is 13.2 Å². The number of nitrogens with zero attached hydrogens (tertiary/aromatic N) is 3. The summed E-state index contributed by atoms with van der Waals surface area (Å²) < 4.78 is 20.0. The zero-order chi connectivity index (χ0) is 21.7. The number of aryl methyl sites for hydroxylation is 1. The van der Waals surface area contributed by atoms with Crippen LogP contribution in [0.25, 0.3) is 11.8 Å². The number of hydrogen-bond acceptors (Lipinski definition) is 4. The number of carbonyl (C=O) groups is 2. The first kappa shape index (κ1) is 21.7. The van der Waals surface area contributed by atoms with Crippen molar-refractivity contribution >= 4 is 18.0 Å². The van der Waals surface area contributed by atoms with Crippen molar-refractivity contribution in [2.45, 2.75) is 52.5 Å². The second-order valence-electron chi connectivity index (χ2n) is 7.56. The molecule has 2 aromatic rings. The highest BCUT2D eigenvalue weighted by atomic mass is 19.1. The van der Waals surface area contributed by atoms with Crippen LogP contribution >= 0.6 is 0 Å². The lowest BCUT2D eigenvalue weighted by Gasteiger charge is -2.35. The van der Waals surface area contributed by atoms with Crippen LogP contribution in [0, 0.1) is 19.7 Å². The SMILES string of the molecule is CCC1CCCCN1C(=O)COC(=O)/C=C/c1c(C)nn(-c2ccc(F)cc2)c1C. The third-order valence-electron chi connectivity index (χ3n) is 5.56. The molecule has 2 heterocycles. The Kier molecular flexibility index (Phi) is 7.03. The van der Waals surface area contributed by atoms with Crippen LogP contribution in [0.3, 0.4) is 0 Å². The number of benzene rings is 1. The standard InChI is InChI=1S/C23H28FN3O3/c1-4-19-7-5-6-14-26(19)22(28)15-30-23(29)13-12-21-16(2)25-27(17(21)3)20-10-8-18(24)9-11-20/h8-13,19H,4-7,14-15H2,1-3H3/b13-12+. The molecule has 160 valence electrons. The van der Waals surface area contributed by atoms with Gasteiger partial charge >= 0.3 is 5.97 Å².